The maximum absolute atomic E-state index is 10.9. The monoisotopic (exact) mass is 201 g/mol. The first-order valence-electron chi connectivity index (χ1n) is 4.58. The van der Waals surface area contributed by atoms with E-state index in [0.717, 1.165) is 16.5 Å². The van der Waals surface area contributed by atoms with Gasteiger partial charge in [-0.25, -0.2) is 4.79 Å². The van der Waals surface area contributed by atoms with Gasteiger partial charge >= 0.3 is 5.97 Å². The molecule has 0 saturated heterocycles. The highest BCUT2D eigenvalue weighted by atomic mass is 16.4. The van der Waals surface area contributed by atoms with Crippen molar-refractivity contribution in [3.63, 3.8) is 0 Å². The first-order valence-corrected chi connectivity index (χ1v) is 4.58. The molecule has 3 heteroatoms. The van der Waals surface area contributed by atoms with Gasteiger partial charge in [-0.3, -0.25) is 0 Å². The average Bonchev–Trinajstić information content (AvgIpc) is 2.56. The van der Waals surface area contributed by atoms with Gasteiger partial charge in [0.15, 0.2) is 0 Å². The number of rotatable bonds is 2. The number of aryl methyl sites for hydroxylation is 1. The molecule has 0 aliphatic carbocycles. The van der Waals surface area contributed by atoms with Crippen molar-refractivity contribution < 1.29 is 9.90 Å². The number of benzene rings is 1. The van der Waals surface area contributed by atoms with E-state index in [9.17, 15) is 4.79 Å². The molecule has 1 aromatic carbocycles. The third-order valence-corrected chi connectivity index (χ3v) is 2.48. The standard InChI is InChI=1S/C12H11NO2/c1-3-8-4-5-9-10(12(14)15)7-13(2)11(9)6-8/h3-7H,1H2,2H3,(H,14,15). The van der Waals surface area contributed by atoms with Crippen molar-refractivity contribution in [1.29, 1.82) is 0 Å². The molecule has 0 saturated carbocycles. The van der Waals surface area contributed by atoms with Crippen LogP contribution in [0, 0.1) is 0 Å². The van der Waals surface area contributed by atoms with E-state index in [2.05, 4.69) is 6.58 Å². The molecule has 76 valence electrons. The Morgan fingerprint density at radius 1 is 1.53 bits per heavy atom. The van der Waals surface area contributed by atoms with Gasteiger partial charge in [-0.1, -0.05) is 24.8 Å². The number of nitrogens with zero attached hydrogens (tertiary/aromatic N) is 1. The van der Waals surface area contributed by atoms with E-state index in [-0.39, 0.29) is 0 Å². The van der Waals surface area contributed by atoms with Gasteiger partial charge in [-0.15, -0.1) is 0 Å². The normalized spacial score (nSPS) is 10.5. The first kappa shape index (κ1) is 9.52. The van der Waals surface area contributed by atoms with Crippen LogP contribution >= 0.6 is 0 Å². The van der Waals surface area contributed by atoms with Crippen LogP contribution in [-0.2, 0) is 7.05 Å². The van der Waals surface area contributed by atoms with Gasteiger partial charge in [0, 0.05) is 24.1 Å². The molecule has 0 aliphatic rings. The van der Waals surface area contributed by atoms with E-state index in [1.165, 1.54) is 0 Å². The number of hydrogen-bond acceptors (Lipinski definition) is 1. The Morgan fingerprint density at radius 2 is 2.27 bits per heavy atom. The predicted molar refractivity (Wildman–Crippen MR) is 60.0 cm³/mol. The highest BCUT2D eigenvalue weighted by Crippen LogP contribution is 2.22. The van der Waals surface area contributed by atoms with Gasteiger partial charge < -0.3 is 9.67 Å². The second-order valence-corrected chi connectivity index (χ2v) is 3.44. The molecule has 0 amide bonds. The van der Waals surface area contributed by atoms with Crippen LogP contribution in [-0.4, -0.2) is 15.6 Å². The Hall–Kier alpha value is -2.03. The quantitative estimate of drug-likeness (QED) is 0.811. The molecule has 0 fully saturated rings. The molecule has 0 aliphatic heterocycles. The van der Waals surface area contributed by atoms with Crippen molar-refractivity contribution in [2.75, 3.05) is 0 Å². The second-order valence-electron chi connectivity index (χ2n) is 3.44. The largest absolute Gasteiger partial charge is 0.478 e. The van der Waals surface area contributed by atoms with Crippen LogP contribution in [0.3, 0.4) is 0 Å². The fourth-order valence-corrected chi connectivity index (χ4v) is 1.70. The summed E-state index contributed by atoms with van der Waals surface area (Å²) in [6, 6.07) is 5.60. The highest BCUT2D eigenvalue weighted by Gasteiger charge is 2.12. The topological polar surface area (TPSA) is 42.2 Å². The van der Waals surface area contributed by atoms with E-state index in [1.807, 2.05) is 29.8 Å². The SMILES string of the molecule is C=Cc1ccc2c(C(=O)O)cn(C)c2c1. The lowest BCUT2D eigenvalue weighted by atomic mass is 10.1. The highest BCUT2D eigenvalue weighted by molar-refractivity contribution is 6.03. The molecule has 0 bridgehead atoms. The van der Waals surface area contributed by atoms with Gasteiger partial charge in [0.05, 0.1) is 5.56 Å². The molecule has 0 atom stereocenters. The van der Waals surface area contributed by atoms with Gasteiger partial charge in [0.2, 0.25) is 0 Å². The Balaban J connectivity index is 2.80. The predicted octanol–water partition coefficient (Wildman–Crippen LogP) is 2.52. The maximum atomic E-state index is 10.9. The molecule has 0 radical (unpaired) electrons. The zero-order valence-corrected chi connectivity index (χ0v) is 8.40. The summed E-state index contributed by atoms with van der Waals surface area (Å²) < 4.78 is 1.81. The third kappa shape index (κ3) is 1.42. The van der Waals surface area contributed by atoms with Crippen LogP contribution in [0.1, 0.15) is 15.9 Å². The maximum Gasteiger partial charge on any atom is 0.337 e. The number of hydrogen-bond donors (Lipinski definition) is 1. The number of carboxylic acids is 1. The van der Waals surface area contributed by atoms with Gasteiger partial charge in [-0.2, -0.15) is 0 Å². The molecule has 1 heterocycles. The van der Waals surface area contributed by atoms with E-state index in [4.69, 9.17) is 5.11 Å². The smallest absolute Gasteiger partial charge is 0.337 e. The summed E-state index contributed by atoms with van der Waals surface area (Å²) in [4.78, 5) is 10.9. The summed E-state index contributed by atoms with van der Waals surface area (Å²) in [6.07, 6.45) is 3.37. The zero-order valence-electron chi connectivity index (χ0n) is 8.40. The summed E-state index contributed by atoms with van der Waals surface area (Å²) in [5.41, 5.74) is 2.23. The van der Waals surface area contributed by atoms with E-state index in [1.54, 1.807) is 12.3 Å². The number of carbonyl (C=O) groups is 1. The molecular weight excluding hydrogens is 190 g/mol. The molecule has 1 N–H and O–H groups in total. The minimum atomic E-state index is -0.896. The second kappa shape index (κ2) is 3.28. The molecular formula is C12H11NO2. The summed E-state index contributed by atoms with van der Waals surface area (Å²) in [5, 5.41) is 9.75. The van der Waals surface area contributed by atoms with Crippen LogP contribution in [0.5, 0.6) is 0 Å². The Labute approximate surface area is 87.3 Å². The molecule has 0 unspecified atom stereocenters. The number of fused-ring (bicyclic) bond motifs is 1. The average molecular weight is 201 g/mol. The van der Waals surface area contributed by atoms with Crippen LogP contribution in [0.4, 0.5) is 0 Å². The lowest BCUT2D eigenvalue weighted by Crippen LogP contribution is -1.93. The Bertz CT molecular complexity index is 552. The van der Waals surface area contributed by atoms with Crippen molar-refractivity contribution >= 4 is 22.9 Å². The van der Waals surface area contributed by atoms with E-state index < -0.39 is 5.97 Å². The van der Waals surface area contributed by atoms with Crippen LogP contribution in [0.2, 0.25) is 0 Å². The summed E-state index contributed by atoms with van der Waals surface area (Å²) in [6.45, 7) is 3.68. The summed E-state index contributed by atoms with van der Waals surface area (Å²) in [7, 11) is 1.83. The van der Waals surface area contributed by atoms with Crippen LogP contribution in [0.15, 0.2) is 31.0 Å². The van der Waals surface area contributed by atoms with E-state index >= 15 is 0 Å². The Kier molecular flexibility index (Phi) is 2.08. The third-order valence-electron chi connectivity index (χ3n) is 2.48. The summed E-state index contributed by atoms with van der Waals surface area (Å²) in [5.74, 6) is -0.896. The first-order chi connectivity index (χ1) is 7.13. The van der Waals surface area contributed by atoms with Crippen molar-refractivity contribution in [3.8, 4) is 0 Å². The van der Waals surface area contributed by atoms with E-state index in [0.29, 0.717) is 5.56 Å². The molecule has 1 aromatic heterocycles. The van der Waals surface area contributed by atoms with Crippen LogP contribution in [0.25, 0.3) is 17.0 Å². The number of aromatic nitrogens is 1. The van der Waals surface area contributed by atoms with Crippen molar-refractivity contribution in [2.45, 2.75) is 0 Å². The van der Waals surface area contributed by atoms with Gasteiger partial charge in [-0.05, 0) is 11.6 Å². The van der Waals surface area contributed by atoms with Gasteiger partial charge in [0.1, 0.15) is 0 Å². The molecule has 0 spiro atoms. The minimum absolute atomic E-state index is 0.336. The summed E-state index contributed by atoms with van der Waals surface area (Å²) >= 11 is 0. The molecule has 3 nitrogen and oxygen atoms in total. The fourth-order valence-electron chi connectivity index (χ4n) is 1.70. The van der Waals surface area contributed by atoms with Gasteiger partial charge in [0.25, 0.3) is 0 Å². The Morgan fingerprint density at radius 3 is 2.87 bits per heavy atom. The molecule has 15 heavy (non-hydrogen) atoms. The fraction of sp³-hybridized carbons (Fsp3) is 0.0833. The number of aromatic carboxylic acids is 1. The van der Waals surface area contributed by atoms with Crippen LogP contribution < -0.4 is 0 Å². The van der Waals surface area contributed by atoms with Crippen molar-refractivity contribution in [2.24, 2.45) is 7.05 Å². The zero-order chi connectivity index (χ0) is 11.0. The lowest BCUT2D eigenvalue weighted by molar-refractivity contribution is 0.0699. The molecule has 2 aromatic rings. The number of carboxylic acid groups (broad SMARTS) is 1. The lowest BCUT2D eigenvalue weighted by Gasteiger charge is -1.97. The minimum Gasteiger partial charge on any atom is -0.478 e. The van der Waals surface area contributed by atoms with Crippen molar-refractivity contribution in [1.82, 2.24) is 4.57 Å². The van der Waals surface area contributed by atoms with Crippen molar-refractivity contribution in [3.05, 3.63) is 42.1 Å². The molecule has 2 rings (SSSR count).